The Morgan fingerprint density at radius 1 is 1.44 bits per heavy atom. The van der Waals surface area contributed by atoms with Crippen LogP contribution in [0, 0.1) is 17.2 Å². The van der Waals surface area contributed by atoms with Crippen molar-refractivity contribution in [2.24, 2.45) is 11.0 Å². The van der Waals surface area contributed by atoms with Crippen LogP contribution >= 0.6 is 15.9 Å². The molecule has 1 aliphatic carbocycles. The highest BCUT2D eigenvalue weighted by atomic mass is 79.9. The van der Waals surface area contributed by atoms with Crippen molar-refractivity contribution in [1.82, 2.24) is 20.9 Å². The van der Waals surface area contributed by atoms with Crippen LogP contribution in [0.1, 0.15) is 60.8 Å². The van der Waals surface area contributed by atoms with E-state index >= 15 is 0 Å². The number of hydrogen-bond donors (Lipinski definition) is 2. The van der Waals surface area contributed by atoms with E-state index in [1.807, 2.05) is 6.92 Å². The highest BCUT2D eigenvalue weighted by Crippen LogP contribution is 2.41. The second-order valence-corrected chi connectivity index (χ2v) is 8.93. The molecule has 4 rings (SSSR count). The summed E-state index contributed by atoms with van der Waals surface area (Å²) >= 11 is 3.53. The monoisotopic (exact) mass is 500 g/mol. The van der Waals surface area contributed by atoms with Gasteiger partial charge in [0, 0.05) is 16.1 Å². The summed E-state index contributed by atoms with van der Waals surface area (Å²) in [5.74, 6) is -0.0283. The maximum atomic E-state index is 12.1. The maximum Gasteiger partial charge on any atom is 0.428 e. The maximum absolute atomic E-state index is 12.1. The molecule has 2 N–H and O–H groups in total. The Bertz CT molecular complexity index is 1090. The van der Waals surface area contributed by atoms with Crippen LogP contribution < -0.4 is 10.7 Å². The third-order valence-corrected chi connectivity index (χ3v) is 6.56. The number of hydrogen-bond acceptors (Lipinski definition) is 8. The van der Waals surface area contributed by atoms with Crippen molar-refractivity contribution in [3.63, 3.8) is 0 Å². The molecule has 2 amide bonds. The second kappa shape index (κ2) is 9.08. The molecule has 1 atom stereocenters. The molecule has 1 spiro atoms. The van der Waals surface area contributed by atoms with Gasteiger partial charge in [-0.05, 0) is 63.1 Å². The molecule has 166 valence electrons. The zero-order valence-electron chi connectivity index (χ0n) is 17.3. The Labute approximate surface area is 192 Å². The number of rotatable bonds is 5. The van der Waals surface area contributed by atoms with Crippen LogP contribution in [0.15, 0.2) is 38.7 Å². The summed E-state index contributed by atoms with van der Waals surface area (Å²) in [6, 6.07) is 7.30. The number of benzene rings is 1. The van der Waals surface area contributed by atoms with E-state index in [9.17, 15) is 14.9 Å². The first kappa shape index (κ1) is 22.0. The van der Waals surface area contributed by atoms with Crippen molar-refractivity contribution in [1.29, 1.82) is 5.26 Å². The van der Waals surface area contributed by atoms with Gasteiger partial charge in [-0.25, -0.2) is 10.2 Å². The van der Waals surface area contributed by atoms with E-state index in [0.717, 1.165) is 35.7 Å². The van der Waals surface area contributed by atoms with Gasteiger partial charge < -0.3 is 14.6 Å². The number of hydrazone groups is 1. The van der Waals surface area contributed by atoms with Gasteiger partial charge >= 0.3 is 6.09 Å². The van der Waals surface area contributed by atoms with Gasteiger partial charge in [-0.2, -0.15) is 15.3 Å². The molecule has 0 saturated heterocycles. The van der Waals surface area contributed by atoms with Gasteiger partial charge in [0.15, 0.2) is 5.60 Å². The highest BCUT2D eigenvalue weighted by Gasteiger charge is 2.46. The highest BCUT2D eigenvalue weighted by molar-refractivity contribution is 9.10. The number of nitriles is 1. The molecule has 2 aromatic rings. The number of aromatic nitrogens is 2. The Morgan fingerprint density at radius 2 is 2.22 bits per heavy atom. The van der Waals surface area contributed by atoms with Crippen LogP contribution in [-0.2, 0) is 4.74 Å². The molecule has 10 nitrogen and oxygen atoms in total. The van der Waals surface area contributed by atoms with E-state index in [1.165, 1.54) is 0 Å². The summed E-state index contributed by atoms with van der Waals surface area (Å²) in [5, 5.41) is 20.0. The fourth-order valence-electron chi connectivity index (χ4n) is 4.37. The van der Waals surface area contributed by atoms with Gasteiger partial charge in [0.05, 0.1) is 11.6 Å². The molecule has 1 saturated carbocycles. The predicted molar refractivity (Wildman–Crippen MR) is 116 cm³/mol. The normalized spacial score (nSPS) is 23.5. The molecule has 1 aromatic carbocycles. The van der Waals surface area contributed by atoms with E-state index in [4.69, 9.17) is 4.74 Å². The molecule has 2 aliphatic rings. The second-order valence-electron chi connectivity index (χ2n) is 8.07. The lowest BCUT2D eigenvalue weighted by Gasteiger charge is -2.42. The minimum Gasteiger partial charge on any atom is -0.435 e. The van der Waals surface area contributed by atoms with Gasteiger partial charge in [0.25, 0.3) is 11.7 Å². The van der Waals surface area contributed by atoms with Crippen LogP contribution in [0.4, 0.5) is 4.79 Å². The molecule has 2 heterocycles. The van der Waals surface area contributed by atoms with E-state index in [0.29, 0.717) is 30.0 Å². The number of carbonyl (C=O) groups is 2. The third-order valence-electron chi connectivity index (χ3n) is 5.87. The molecular weight excluding hydrogens is 480 g/mol. The Hall–Kier alpha value is -3.26. The van der Waals surface area contributed by atoms with E-state index in [2.05, 4.69) is 52.5 Å². The number of amides is 2. The first-order valence-electron chi connectivity index (χ1n) is 10.2. The van der Waals surface area contributed by atoms with Crippen LogP contribution in [0.2, 0.25) is 0 Å². The molecule has 1 fully saturated rings. The zero-order chi connectivity index (χ0) is 22.7. The van der Waals surface area contributed by atoms with Gasteiger partial charge in [-0.3, -0.25) is 4.79 Å². The number of carbonyl (C=O) groups excluding carboxylic acids is 2. The first-order chi connectivity index (χ1) is 15.4. The number of halogens is 1. The summed E-state index contributed by atoms with van der Waals surface area (Å²) in [6.07, 6.45) is 4.09. The molecule has 1 aliphatic heterocycles. The van der Waals surface area contributed by atoms with Crippen LogP contribution in [0.3, 0.4) is 0 Å². The Morgan fingerprint density at radius 3 is 2.91 bits per heavy atom. The molecule has 32 heavy (non-hydrogen) atoms. The van der Waals surface area contributed by atoms with Gasteiger partial charge in [0.2, 0.25) is 6.39 Å². The smallest absolute Gasteiger partial charge is 0.428 e. The lowest BCUT2D eigenvalue weighted by Crippen LogP contribution is -2.52. The molecule has 1 aromatic heterocycles. The van der Waals surface area contributed by atoms with Crippen molar-refractivity contribution >= 4 is 33.6 Å². The molecular formula is C21H21BrN6O4. The van der Waals surface area contributed by atoms with Crippen molar-refractivity contribution in [2.45, 2.75) is 50.7 Å². The average Bonchev–Trinajstić information content (AvgIpc) is 3.31. The minimum atomic E-state index is -0.855. The predicted octanol–water partition coefficient (Wildman–Crippen LogP) is 3.29. The van der Waals surface area contributed by atoms with Crippen molar-refractivity contribution in [3.8, 4) is 6.07 Å². The molecule has 0 bridgehead atoms. The van der Waals surface area contributed by atoms with Crippen molar-refractivity contribution < 1.29 is 18.8 Å². The lowest BCUT2D eigenvalue weighted by atomic mass is 9.72. The lowest BCUT2D eigenvalue weighted by molar-refractivity contribution is 0.0154. The van der Waals surface area contributed by atoms with Crippen LogP contribution in [-0.4, -0.2) is 39.5 Å². The largest absolute Gasteiger partial charge is 0.435 e. The van der Waals surface area contributed by atoms with E-state index in [-0.39, 0.29) is 17.8 Å². The van der Waals surface area contributed by atoms with Gasteiger partial charge in [-0.15, -0.1) is 0 Å². The Balaban J connectivity index is 1.45. The topological polar surface area (TPSA) is 142 Å². The summed E-state index contributed by atoms with van der Waals surface area (Å²) in [4.78, 5) is 27.9. The third kappa shape index (κ3) is 4.50. The average molecular weight is 501 g/mol. The fourth-order valence-corrected chi connectivity index (χ4v) is 4.80. The minimum absolute atomic E-state index is 0.00657. The zero-order valence-corrected chi connectivity index (χ0v) is 18.9. The van der Waals surface area contributed by atoms with Crippen molar-refractivity contribution in [2.75, 3.05) is 0 Å². The molecule has 0 radical (unpaired) electrons. The quantitative estimate of drug-likeness (QED) is 0.640. The SMILES string of the molecule is C[C@@H](CC1CCC2(CC1)OC(=O)NN=C2c1cc(C#N)ccc1Br)NC(=O)c1ncon1. The fraction of sp³-hybridized carbons (Fsp3) is 0.429. The summed E-state index contributed by atoms with van der Waals surface area (Å²) in [5.41, 5.74) is 3.38. The number of ether oxygens (including phenoxy) is 1. The summed E-state index contributed by atoms with van der Waals surface area (Å²) < 4.78 is 11.2. The first-order valence-corrected chi connectivity index (χ1v) is 11.0. The molecule has 11 heteroatoms. The van der Waals surface area contributed by atoms with Crippen molar-refractivity contribution in [3.05, 3.63) is 46.0 Å². The van der Waals surface area contributed by atoms with Gasteiger partial charge in [-0.1, -0.05) is 21.1 Å². The summed E-state index contributed by atoms with van der Waals surface area (Å²) in [6.45, 7) is 1.93. The number of nitrogens with zero attached hydrogens (tertiary/aromatic N) is 4. The Kier molecular flexibility index (Phi) is 6.23. The summed E-state index contributed by atoms with van der Waals surface area (Å²) in [7, 11) is 0. The van der Waals surface area contributed by atoms with Gasteiger partial charge in [0.1, 0.15) is 5.71 Å². The van der Waals surface area contributed by atoms with Crippen LogP contribution in [0.25, 0.3) is 0 Å². The van der Waals surface area contributed by atoms with Crippen LogP contribution in [0.5, 0.6) is 0 Å². The molecule has 0 unspecified atom stereocenters. The van der Waals surface area contributed by atoms with E-state index in [1.54, 1.807) is 18.2 Å². The number of nitrogens with one attached hydrogen (secondary N) is 2. The standard InChI is InChI=1S/C21H21BrN6O4/c1-12(25-19(29)18-24-11-31-28-18)8-13-4-6-21(7-5-13)17(26-27-20(30)32-21)15-9-14(10-23)2-3-16(15)22/h2-3,9,11-13H,4-8H2,1H3,(H,25,29)(H,27,30)/t12-,13?,21?/m0/s1. The van der Waals surface area contributed by atoms with E-state index < -0.39 is 11.7 Å².